The van der Waals surface area contributed by atoms with Crippen LogP contribution in [0.25, 0.3) is 0 Å². The first kappa shape index (κ1) is 22.6. The zero-order chi connectivity index (χ0) is 22.7. The quantitative estimate of drug-likeness (QED) is 0.614. The van der Waals surface area contributed by atoms with Crippen LogP contribution in [0.5, 0.6) is 23.0 Å². The molecule has 2 aliphatic heterocycles. The van der Waals surface area contributed by atoms with Gasteiger partial charge in [0.05, 0.1) is 5.75 Å². The molecule has 1 unspecified atom stereocenters. The summed E-state index contributed by atoms with van der Waals surface area (Å²) in [5, 5.41) is 10.1. The molecule has 2 aliphatic rings. The van der Waals surface area contributed by atoms with Crippen LogP contribution in [-0.2, 0) is 4.79 Å². The van der Waals surface area contributed by atoms with Crippen LogP contribution in [-0.4, -0.2) is 66.6 Å². The number of nitrogens with zero attached hydrogens (tertiary/aromatic N) is 2. The fourth-order valence-electron chi connectivity index (χ4n) is 4.01. The summed E-state index contributed by atoms with van der Waals surface area (Å²) >= 11 is 1.66. The van der Waals surface area contributed by atoms with Gasteiger partial charge in [-0.15, -0.1) is 11.8 Å². The predicted molar refractivity (Wildman–Crippen MR) is 125 cm³/mol. The Bertz CT molecular complexity index is 960. The molecule has 0 radical (unpaired) electrons. The topological polar surface area (TPSA) is 71.5 Å². The van der Waals surface area contributed by atoms with E-state index in [4.69, 9.17) is 14.2 Å². The van der Waals surface area contributed by atoms with Crippen molar-refractivity contribution in [1.82, 2.24) is 9.80 Å². The minimum Gasteiger partial charge on any atom is -0.507 e. The number of carbonyl (C=O) groups excluding carboxylic acids is 1. The zero-order valence-corrected chi connectivity index (χ0v) is 19.6. The van der Waals surface area contributed by atoms with Gasteiger partial charge in [0.1, 0.15) is 23.5 Å². The van der Waals surface area contributed by atoms with Gasteiger partial charge in [-0.1, -0.05) is 0 Å². The Morgan fingerprint density at radius 3 is 2.69 bits per heavy atom. The number of hydrogen-bond acceptors (Lipinski definition) is 7. The molecular weight excluding hydrogens is 428 g/mol. The van der Waals surface area contributed by atoms with E-state index in [9.17, 15) is 9.90 Å². The monoisotopic (exact) mass is 458 g/mol. The molecule has 172 valence electrons. The van der Waals surface area contributed by atoms with Gasteiger partial charge in [0.25, 0.3) is 0 Å². The number of ether oxygens (including phenoxy) is 3. The van der Waals surface area contributed by atoms with Gasteiger partial charge in [-0.3, -0.25) is 4.79 Å². The number of phenols is 1. The molecule has 0 saturated carbocycles. The highest BCUT2D eigenvalue weighted by molar-refractivity contribution is 8.00. The number of benzene rings is 2. The van der Waals surface area contributed by atoms with Crippen LogP contribution in [0.2, 0.25) is 0 Å². The van der Waals surface area contributed by atoms with Crippen LogP contribution in [0, 0.1) is 13.8 Å². The first-order valence-electron chi connectivity index (χ1n) is 10.8. The number of amides is 1. The number of hydrogen-bond donors (Lipinski definition) is 1. The summed E-state index contributed by atoms with van der Waals surface area (Å²) in [5.41, 5.74) is 2.78. The SMILES string of the molecule is Cc1cc(C2SCC(=O)N2CCCN(C)CCOc2ccc3c(c2)OCO3)cc(C)c1O. The van der Waals surface area contributed by atoms with E-state index in [1.807, 2.05) is 49.1 Å². The average molecular weight is 459 g/mol. The Labute approximate surface area is 193 Å². The first-order chi connectivity index (χ1) is 15.4. The fraction of sp³-hybridized carbons (Fsp3) is 0.458. The largest absolute Gasteiger partial charge is 0.507 e. The van der Waals surface area contributed by atoms with Crippen LogP contribution < -0.4 is 14.2 Å². The molecule has 0 aliphatic carbocycles. The second kappa shape index (κ2) is 9.92. The maximum Gasteiger partial charge on any atom is 0.233 e. The highest BCUT2D eigenvalue weighted by atomic mass is 32.2. The number of thioether (sulfide) groups is 1. The molecule has 0 aromatic heterocycles. The molecule has 1 amide bonds. The van der Waals surface area contributed by atoms with Gasteiger partial charge in [-0.25, -0.2) is 0 Å². The van der Waals surface area contributed by atoms with Gasteiger partial charge in [-0.05, 0) is 74.8 Å². The van der Waals surface area contributed by atoms with Gasteiger partial charge in [0.2, 0.25) is 12.7 Å². The van der Waals surface area contributed by atoms with E-state index < -0.39 is 0 Å². The Balaban J connectivity index is 1.23. The number of fused-ring (bicyclic) bond motifs is 1. The van der Waals surface area contributed by atoms with Crippen molar-refractivity contribution in [2.45, 2.75) is 25.6 Å². The van der Waals surface area contributed by atoms with Crippen LogP contribution in [0.15, 0.2) is 30.3 Å². The molecular formula is C24H30N2O5S. The fourth-order valence-corrected chi connectivity index (χ4v) is 5.21. The Morgan fingerprint density at radius 1 is 1.16 bits per heavy atom. The molecule has 1 saturated heterocycles. The minimum absolute atomic E-state index is 0.0140. The predicted octanol–water partition coefficient (Wildman–Crippen LogP) is 3.71. The lowest BCUT2D eigenvalue weighted by Crippen LogP contribution is -2.32. The van der Waals surface area contributed by atoms with Gasteiger partial charge >= 0.3 is 0 Å². The third-order valence-corrected chi connectivity index (χ3v) is 7.05. The summed E-state index contributed by atoms with van der Waals surface area (Å²) in [6, 6.07) is 9.58. The highest BCUT2D eigenvalue weighted by Crippen LogP contribution is 2.40. The average Bonchev–Trinajstić information content (AvgIpc) is 3.38. The molecule has 32 heavy (non-hydrogen) atoms. The summed E-state index contributed by atoms with van der Waals surface area (Å²) in [4.78, 5) is 16.7. The van der Waals surface area contributed by atoms with E-state index in [0.29, 0.717) is 24.7 Å². The van der Waals surface area contributed by atoms with Crippen LogP contribution in [0.1, 0.15) is 28.5 Å². The van der Waals surface area contributed by atoms with Crippen molar-refractivity contribution in [3.05, 3.63) is 47.0 Å². The number of aryl methyl sites for hydroxylation is 2. The Hall–Kier alpha value is -2.58. The second-order valence-corrected chi connectivity index (χ2v) is 9.34. The van der Waals surface area contributed by atoms with Gasteiger partial charge in [0.15, 0.2) is 11.5 Å². The van der Waals surface area contributed by atoms with E-state index in [-0.39, 0.29) is 18.1 Å². The van der Waals surface area contributed by atoms with Gasteiger partial charge in [0, 0.05) is 19.2 Å². The number of phenolic OH excluding ortho intramolecular Hbond substituents is 1. The highest BCUT2D eigenvalue weighted by Gasteiger charge is 2.32. The molecule has 0 bridgehead atoms. The van der Waals surface area contributed by atoms with Crippen LogP contribution in [0.4, 0.5) is 0 Å². The van der Waals surface area contributed by atoms with Crippen molar-refractivity contribution in [3.63, 3.8) is 0 Å². The number of likely N-dealkylation sites (N-methyl/N-ethyl adjacent to an activating group) is 1. The van der Waals surface area contributed by atoms with Crippen molar-refractivity contribution >= 4 is 17.7 Å². The van der Waals surface area contributed by atoms with Crippen molar-refractivity contribution < 1.29 is 24.1 Å². The lowest BCUT2D eigenvalue weighted by molar-refractivity contribution is -0.128. The molecule has 8 heteroatoms. The van der Waals surface area contributed by atoms with E-state index >= 15 is 0 Å². The third kappa shape index (κ3) is 5.07. The molecule has 7 nitrogen and oxygen atoms in total. The van der Waals surface area contributed by atoms with Gasteiger partial charge in [-0.2, -0.15) is 0 Å². The van der Waals surface area contributed by atoms with Crippen molar-refractivity contribution in [3.8, 4) is 23.0 Å². The lowest BCUT2D eigenvalue weighted by atomic mass is 10.0. The zero-order valence-electron chi connectivity index (χ0n) is 18.8. The first-order valence-corrected chi connectivity index (χ1v) is 11.9. The Kier molecular flexibility index (Phi) is 7.01. The van der Waals surface area contributed by atoms with Gasteiger partial charge < -0.3 is 29.1 Å². The van der Waals surface area contributed by atoms with E-state index in [1.54, 1.807) is 11.8 Å². The minimum atomic E-state index is 0.0140. The van der Waals surface area contributed by atoms with E-state index in [2.05, 4.69) is 11.9 Å². The third-order valence-electron chi connectivity index (χ3n) is 5.79. The lowest BCUT2D eigenvalue weighted by Gasteiger charge is -2.26. The molecule has 1 N–H and O–H groups in total. The number of carbonyl (C=O) groups is 1. The van der Waals surface area contributed by atoms with Crippen molar-refractivity contribution in [2.24, 2.45) is 0 Å². The molecule has 1 fully saturated rings. The summed E-state index contributed by atoms with van der Waals surface area (Å²) in [6.45, 7) is 7.01. The smallest absolute Gasteiger partial charge is 0.233 e. The molecule has 1 atom stereocenters. The maximum atomic E-state index is 12.5. The Morgan fingerprint density at radius 2 is 1.91 bits per heavy atom. The van der Waals surface area contributed by atoms with Crippen LogP contribution in [0.3, 0.4) is 0 Å². The molecule has 2 heterocycles. The second-order valence-electron chi connectivity index (χ2n) is 8.27. The van der Waals surface area contributed by atoms with Crippen molar-refractivity contribution in [2.75, 3.05) is 45.8 Å². The van der Waals surface area contributed by atoms with Crippen molar-refractivity contribution in [1.29, 1.82) is 0 Å². The van der Waals surface area contributed by atoms with E-state index in [1.165, 1.54) is 0 Å². The molecule has 4 rings (SSSR count). The molecule has 0 spiro atoms. The normalized spacial score (nSPS) is 17.4. The molecule has 2 aromatic carbocycles. The summed E-state index contributed by atoms with van der Waals surface area (Å²) in [5.74, 6) is 3.25. The van der Waals surface area contributed by atoms with Crippen LogP contribution >= 0.6 is 11.8 Å². The summed E-state index contributed by atoms with van der Waals surface area (Å²) < 4.78 is 16.5. The standard InChI is InChI=1S/C24H30N2O5S/c1-16-11-18(12-17(2)23(16)28)24-26(22(27)14-32-24)8-4-7-25(3)9-10-29-19-5-6-20-21(13-19)31-15-30-20/h5-6,11-13,24,28H,4,7-10,14-15H2,1-3H3. The number of aromatic hydroxyl groups is 1. The molecule has 2 aromatic rings. The summed E-state index contributed by atoms with van der Waals surface area (Å²) in [7, 11) is 2.06. The maximum absolute atomic E-state index is 12.5. The number of rotatable bonds is 9. The summed E-state index contributed by atoms with van der Waals surface area (Å²) in [6.07, 6.45) is 0.888. The van der Waals surface area contributed by atoms with E-state index in [0.717, 1.165) is 53.4 Å².